The molecule has 8 heteroatoms. The van der Waals surface area contributed by atoms with Gasteiger partial charge in [0.25, 0.3) is 17.7 Å². The fraction of sp³-hybridized carbons (Fsp3) is 0.467. The van der Waals surface area contributed by atoms with Gasteiger partial charge in [0.05, 0.1) is 16.1 Å². The highest BCUT2D eigenvalue weighted by molar-refractivity contribution is 7.14. The summed E-state index contributed by atoms with van der Waals surface area (Å²) in [5.41, 5.74) is 4.85. The maximum Gasteiger partial charge on any atom is 0.265 e. The molecule has 1 fully saturated rings. The number of imide groups is 2. The number of nitrogens with two attached hydrogens (primary N) is 1. The number of rotatable bonds is 3. The SMILES string of the molecule is CCCN1C(=O)CC[C@](C)(N2C(=O)c3csc(N)c3C2=O)C1=O. The Morgan fingerprint density at radius 3 is 2.57 bits per heavy atom. The van der Waals surface area contributed by atoms with Gasteiger partial charge < -0.3 is 5.73 Å². The molecule has 7 nitrogen and oxygen atoms in total. The van der Waals surface area contributed by atoms with Gasteiger partial charge in [0.1, 0.15) is 5.54 Å². The molecule has 0 radical (unpaired) electrons. The zero-order chi connectivity index (χ0) is 16.9. The molecule has 0 unspecified atom stereocenters. The van der Waals surface area contributed by atoms with Crippen LogP contribution in [0.15, 0.2) is 5.38 Å². The minimum Gasteiger partial charge on any atom is -0.390 e. The van der Waals surface area contributed by atoms with Crippen molar-refractivity contribution in [1.82, 2.24) is 9.80 Å². The predicted octanol–water partition coefficient (Wildman–Crippen LogP) is 1.24. The van der Waals surface area contributed by atoms with Crippen molar-refractivity contribution in [3.63, 3.8) is 0 Å². The number of fused-ring (bicyclic) bond motifs is 1. The molecule has 23 heavy (non-hydrogen) atoms. The van der Waals surface area contributed by atoms with Crippen LogP contribution in [0.5, 0.6) is 0 Å². The molecule has 4 amide bonds. The minimum atomic E-state index is -1.35. The molecule has 3 heterocycles. The molecule has 0 aliphatic carbocycles. The predicted molar refractivity (Wildman–Crippen MR) is 83.9 cm³/mol. The second kappa shape index (κ2) is 5.16. The maximum atomic E-state index is 12.8. The van der Waals surface area contributed by atoms with Gasteiger partial charge in [0.2, 0.25) is 5.91 Å². The number of carbonyl (C=O) groups excluding carboxylic acids is 4. The second-order valence-corrected chi connectivity index (χ2v) is 6.87. The zero-order valence-corrected chi connectivity index (χ0v) is 13.7. The number of likely N-dealkylation sites (tertiary alicyclic amines) is 1. The first-order chi connectivity index (χ1) is 10.8. The molecule has 2 aliphatic rings. The summed E-state index contributed by atoms with van der Waals surface area (Å²) in [4.78, 5) is 52.2. The van der Waals surface area contributed by atoms with Crippen LogP contribution >= 0.6 is 11.3 Å². The number of thiophene rings is 1. The summed E-state index contributed by atoms with van der Waals surface area (Å²) in [6.07, 6.45) is 0.882. The van der Waals surface area contributed by atoms with E-state index >= 15 is 0 Å². The minimum absolute atomic E-state index is 0.127. The number of piperidine rings is 1. The summed E-state index contributed by atoms with van der Waals surface area (Å²) in [7, 11) is 0. The topological polar surface area (TPSA) is 101 Å². The number of hydrogen-bond donors (Lipinski definition) is 1. The lowest BCUT2D eigenvalue weighted by atomic mass is 9.87. The molecule has 122 valence electrons. The monoisotopic (exact) mass is 335 g/mol. The third kappa shape index (κ3) is 2.01. The number of amides is 4. The fourth-order valence-corrected chi connectivity index (χ4v) is 3.96. The van der Waals surface area contributed by atoms with E-state index in [-0.39, 0.29) is 41.4 Å². The van der Waals surface area contributed by atoms with Crippen molar-refractivity contribution in [3.8, 4) is 0 Å². The van der Waals surface area contributed by atoms with Crippen molar-refractivity contribution in [3.05, 3.63) is 16.5 Å². The second-order valence-electron chi connectivity index (χ2n) is 5.96. The Hall–Kier alpha value is -2.22. The van der Waals surface area contributed by atoms with E-state index in [9.17, 15) is 19.2 Å². The van der Waals surface area contributed by atoms with Gasteiger partial charge in [-0.05, 0) is 19.8 Å². The van der Waals surface area contributed by atoms with Crippen LogP contribution in [0, 0.1) is 0 Å². The molecule has 2 N–H and O–H groups in total. The number of nitrogens with zero attached hydrogens (tertiary/aromatic N) is 2. The van der Waals surface area contributed by atoms with E-state index < -0.39 is 23.3 Å². The summed E-state index contributed by atoms with van der Waals surface area (Å²) in [5, 5.41) is 1.81. The van der Waals surface area contributed by atoms with Gasteiger partial charge in [-0.1, -0.05) is 6.92 Å². The molecule has 0 saturated carbocycles. The van der Waals surface area contributed by atoms with Crippen LogP contribution in [0.25, 0.3) is 0 Å². The summed E-state index contributed by atoms with van der Waals surface area (Å²) < 4.78 is 0. The van der Waals surface area contributed by atoms with Crippen LogP contribution in [0.2, 0.25) is 0 Å². The number of nitrogen functional groups attached to an aromatic ring is 1. The molecule has 1 aromatic rings. The lowest BCUT2D eigenvalue weighted by molar-refractivity contribution is -0.156. The highest BCUT2D eigenvalue weighted by Crippen LogP contribution is 2.40. The summed E-state index contributed by atoms with van der Waals surface area (Å²) in [6.45, 7) is 3.69. The van der Waals surface area contributed by atoms with Crippen molar-refractivity contribution in [2.45, 2.75) is 38.6 Å². The lowest BCUT2D eigenvalue weighted by Crippen LogP contribution is -2.64. The Morgan fingerprint density at radius 1 is 1.26 bits per heavy atom. The Balaban J connectivity index is 2.01. The fourth-order valence-electron chi connectivity index (χ4n) is 3.18. The molecule has 3 rings (SSSR count). The average Bonchev–Trinajstić information content (AvgIpc) is 3.00. The van der Waals surface area contributed by atoms with E-state index in [0.29, 0.717) is 6.42 Å². The van der Waals surface area contributed by atoms with Gasteiger partial charge in [0.15, 0.2) is 0 Å². The summed E-state index contributed by atoms with van der Waals surface area (Å²) >= 11 is 1.13. The Bertz CT molecular complexity index is 741. The van der Waals surface area contributed by atoms with Crippen LogP contribution in [-0.2, 0) is 9.59 Å². The molecule has 1 saturated heterocycles. The number of hydrogen-bond acceptors (Lipinski definition) is 6. The number of anilines is 1. The Kier molecular flexibility index (Phi) is 3.51. The van der Waals surface area contributed by atoms with Crippen LogP contribution in [0.4, 0.5) is 5.00 Å². The van der Waals surface area contributed by atoms with Crippen molar-refractivity contribution >= 4 is 40.0 Å². The van der Waals surface area contributed by atoms with Crippen molar-refractivity contribution < 1.29 is 19.2 Å². The van der Waals surface area contributed by atoms with Crippen molar-refractivity contribution in [2.24, 2.45) is 0 Å². The van der Waals surface area contributed by atoms with Gasteiger partial charge in [-0.2, -0.15) is 0 Å². The van der Waals surface area contributed by atoms with E-state index in [4.69, 9.17) is 5.73 Å². The summed E-state index contributed by atoms with van der Waals surface area (Å²) in [6, 6.07) is 0. The van der Waals surface area contributed by atoms with E-state index in [1.54, 1.807) is 6.92 Å². The molecule has 0 bridgehead atoms. The van der Waals surface area contributed by atoms with Gasteiger partial charge in [-0.25, -0.2) is 0 Å². The van der Waals surface area contributed by atoms with Crippen molar-refractivity contribution in [2.75, 3.05) is 12.3 Å². The normalized spacial score (nSPS) is 24.6. The smallest absolute Gasteiger partial charge is 0.265 e. The average molecular weight is 335 g/mol. The van der Waals surface area contributed by atoms with Crippen LogP contribution in [-0.4, -0.2) is 45.5 Å². The summed E-state index contributed by atoms with van der Waals surface area (Å²) in [5.74, 6) is -1.82. The first-order valence-electron chi connectivity index (χ1n) is 7.43. The highest BCUT2D eigenvalue weighted by Gasteiger charge is 2.55. The first-order valence-corrected chi connectivity index (χ1v) is 8.31. The molecule has 0 aromatic carbocycles. The zero-order valence-electron chi connectivity index (χ0n) is 12.9. The van der Waals surface area contributed by atoms with Gasteiger partial charge >= 0.3 is 0 Å². The van der Waals surface area contributed by atoms with Gasteiger partial charge in [-0.3, -0.25) is 29.0 Å². The van der Waals surface area contributed by atoms with E-state index in [1.165, 1.54) is 5.38 Å². The van der Waals surface area contributed by atoms with E-state index in [0.717, 1.165) is 21.1 Å². The molecule has 1 atom stereocenters. The molecule has 2 aliphatic heterocycles. The third-order valence-corrected chi connectivity index (χ3v) is 5.25. The molecular weight excluding hydrogens is 318 g/mol. The van der Waals surface area contributed by atoms with Crippen LogP contribution in [0.1, 0.15) is 53.8 Å². The van der Waals surface area contributed by atoms with Gasteiger partial charge in [0, 0.05) is 18.3 Å². The van der Waals surface area contributed by atoms with E-state index in [2.05, 4.69) is 0 Å². The Labute approximate surface area is 137 Å². The number of carbonyl (C=O) groups is 4. The van der Waals surface area contributed by atoms with Gasteiger partial charge in [-0.15, -0.1) is 11.3 Å². The molecule has 0 spiro atoms. The standard InChI is InChI=1S/C15H17N3O4S/c1-3-6-17-9(19)4-5-15(2,14(17)22)18-12(20)8-7-23-11(16)10(8)13(18)21/h7H,3-6,16H2,1-2H3/t15-/m0/s1. The lowest BCUT2D eigenvalue weighted by Gasteiger charge is -2.42. The van der Waals surface area contributed by atoms with Crippen LogP contribution in [0.3, 0.4) is 0 Å². The highest BCUT2D eigenvalue weighted by atomic mass is 32.1. The molecule has 1 aromatic heterocycles. The largest absolute Gasteiger partial charge is 0.390 e. The van der Waals surface area contributed by atoms with Crippen molar-refractivity contribution in [1.29, 1.82) is 0 Å². The quantitative estimate of drug-likeness (QED) is 0.838. The Morgan fingerprint density at radius 2 is 1.96 bits per heavy atom. The maximum absolute atomic E-state index is 12.8. The van der Waals surface area contributed by atoms with Crippen LogP contribution < -0.4 is 5.73 Å². The van der Waals surface area contributed by atoms with E-state index in [1.807, 2.05) is 6.92 Å². The third-order valence-electron chi connectivity index (χ3n) is 4.44. The first kappa shape index (κ1) is 15.7. The molecular formula is C15H17N3O4S.